The van der Waals surface area contributed by atoms with Gasteiger partial charge in [0, 0.05) is 30.7 Å². The Morgan fingerprint density at radius 2 is 1.48 bits per heavy atom. The Balaban J connectivity index is 2.18. The van der Waals surface area contributed by atoms with Crippen LogP contribution in [0.1, 0.15) is 0 Å². The Morgan fingerprint density at radius 1 is 1.00 bits per heavy atom. The number of hydrogen-bond acceptors (Lipinski definition) is 5. The Hall–Kier alpha value is -3.41. The Bertz CT molecular complexity index is 760. The first-order chi connectivity index (χ1) is 11.9. The molecule has 0 saturated carbocycles. The zero-order valence-corrected chi connectivity index (χ0v) is 12.5. The zero-order chi connectivity index (χ0) is 18.3. The molecule has 2 heterocycles. The van der Waals surface area contributed by atoms with Crippen LogP contribution in [0.15, 0.2) is 49.1 Å². The summed E-state index contributed by atoms with van der Waals surface area (Å²) < 4.78 is 40.2. The summed E-state index contributed by atoms with van der Waals surface area (Å²) >= 11 is 0. The number of alkyl halides is 3. The van der Waals surface area contributed by atoms with Crippen LogP contribution in [0, 0.1) is 11.8 Å². The number of pyridine rings is 2. The number of anilines is 2. The van der Waals surface area contributed by atoms with E-state index in [2.05, 4.69) is 14.7 Å². The third-order valence-electron chi connectivity index (χ3n) is 2.73. The number of carbonyl (C=O) groups excluding carboxylic acids is 2. The highest BCUT2D eigenvalue weighted by Gasteiger charge is 2.27. The van der Waals surface area contributed by atoms with Crippen LogP contribution in [0.2, 0.25) is 0 Å². The molecule has 2 aromatic heterocycles. The fourth-order valence-corrected chi connectivity index (χ4v) is 1.76. The van der Waals surface area contributed by atoms with Crippen molar-refractivity contribution < 1.29 is 27.5 Å². The van der Waals surface area contributed by atoms with Gasteiger partial charge in [-0.05, 0) is 24.3 Å². The second-order valence-corrected chi connectivity index (χ2v) is 4.43. The minimum absolute atomic E-state index is 0.324. The second-order valence-electron chi connectivity index (χ2n) is 4.43. The van der Waals surface area contributed by atoms with E-state index in [-0.39, 0.29) is 0 Å². The minimum Gasteiger partial charge on any atom is -0.445 e. The Labute approximate surface area is 140 Å². The van der Waals surface area contributed by atoms with Crippen molar-refractivity contribution in [1.82, 2.24) is 9.97 Å². The summed E-state index contributed by atoms with van der Waals surface area (Å²) in [6, 6.07) is 5.92. The van der Waals surface area contributed by atoms with Gasteiger partial charge in [-0.2, -0.15) is 13.2 Å². The molecule has 9 heteroatoms. The number of hydrogen-bond donors (Lipinski definition) is 0. The van der Waals surface area contributed by atoms with Crippen LogP contribution < -0.4 is 4.90 Å². The van der Waals surface area contributed by atoms with Gasteiger partial charge in [0.2, 0.25) is 0 Å². The van der Waals surface area contributed by atoms with Crippen LogP contribution in [-0.2, 0) is 14.3 Å². The number of nitrogens with zero attached hydrogens (tertiary/aromatic N) is 3. The molecular weight excluding hydrogens is 339 g/mol. The number of ether oxygens (including phenoxy) is 1. The van der Waals surface area contributed by atoms with E-state index in [1.807, 2.05) is 0 Å². The topological polar surface area (TPSA) is 72.4 Å². The van der Waals surface area contributed by atoms with Crippen molar-refractivity contribution in [3.8, 4) is 11.8 Å². The molecule has 25 heavy (non-hydrogen) atoms. The molecule has 0 spiro atoms. The van der Waals surface area contributed by atoms with Gasteiger partial charge >= 0.3 is 18.1 Å². The Morgan fingerprint density at radius 3 is 1.92 bits per heavy atom. The molecule has 0 saturated heterocycles. The smallest absolute Gasteiger partial charge is 0.445 e. The third kappa shape index (κ3) is 5.31. The van der Waals surface area contributed by atoms with Gasteiger partial charge in [0.15, 0.2) is 6.61 Å². The van der Waals surface area contributed by atoms with E-state index in [4.69, 9.17) is 0 Å². The van der Waals surface area contributed by atoms with Gasteiger partial charge in [-0.15, -0.1) is 0 Å². The van der Waals surface area contributed by atoms with Gasteiger partial charge in [-0.1, -0.05) is 5.92 Å². The number of amides is 1. The molecule has 0 bridgehead atoms. The summed E-state index contributed by atoms with van der Waals surface area (Å²) in [7, 11) is 0. The minimum atomic E-state index is -4.70. The summed E-state index contributed by atoms with van der Waals surface area (Å²) in [4.78, 5) is 32.9. The van der Waals surface area contributed by atoms with Crippen LogP contribution in [0.5, 0.6) is 0 Å². The standard InChI is InChI=1S/C16H10F3N3O3/c17-16(18,19)6-1-11-25-15(24)14(23)22(12-2-7-20-8-3-12)13-4-9-21-10-5-13/h2-5,7-10H,11H2. The van der Waals surface area contributed by atoms with Crippen molar-refractivity contribution in [3.63, 3.8) is 0 Å². The molecule has 0 aliphatic carbocycles. The van der Waals surface area contributed by atoms with E-state index in [0.717, 1.165) is 10.8 Å². The fourth-order valence-electron chi connectivity index (χ4n) is 1.76. The number of carbonyl (C=O) groups is 2. The van der Waals surface area contributed by atoms with Crippen molar-refractivity contribution in [2.75, 3.05) is 11.5 Å². The van der Waals surface area contributed by atoms with E-state index < -0.39 is 24.7 Å². The predicted octanol–water partition coefficient (Wildman–Crippen LogP) is 2.25. The van der Waals surface area contributed by atoms with E-state index in [9.17, 15) is 22.8 Å². The van der Waals surface area contributed by atoms with Crippen LogP contribution in [0.4, 0.5) is 24.5 Å². The lowest BCUT2D eigenvalue weighted by molar-refractivity contribution is -0.152. The van der Waals surface area contributed by atoms with Gasteiger partial charge < -0.3 is 4.74 Å². The van der Waals surface area contributed by atoms with Crippen LogP contribution in [0.3, 0.4) is 0 Å². The molecule has 1 amide bonds. The van der Waals surface area contributed by atoms with Crippen molar-refractivity contribution in [3.05, 3.63) is 49.1 Å². The first-order valence-electron chi connectivity index (χ1n) is 6.76. The lowest BCUT2D eigenvalue weighted by Crippen LogP contribution is -2.34. The molecule has 0 radical (unpaired) electrons. The maximum absolute atomic E-state index is 12.4. The number of rotatable bonds is 3. The molecule has 128 valence electrons. The molecule has 0 fully saturated rings. The van der Waals surface area contributed by atoms with Crippen molar-refractivity contribution >= 4 is 23.3 Å². The van der Waals surface area contributed by atoms with Crippen LogP contribution >= 0.6 is 0 Å². The highest BCUT2D eigenvalue weighted by Crippen LogP contribution is 2.24. The lowest BCUT2D eigenvalue weighted by Gasteiger charge is -2.21. The molecule has 0 aliphatic heterocycles. The summed E-state index contributed by atoms with van der Waals surface area (Å²) in [6.45, 7) is -0.857. The quantitative estimate of drug-likeness (QED) is 0.483. The Kier molecular flexibility index (Phi) is 5.68. The van der Waals surface area contributed by atoms with E-state index >= 15 is 0 Å². The fraction of sp³-hybridized carbons (Fsp3) is 0.125. The molecule has 0 aromatic carbocycles. The highest BCUT2D eigenvalue weighted by atomic mass is 19.4. The predicted molar refractivity (Wildman–Crippen MR) is 80.4 cm³/mol. The average molecular weight is 349 g/mol. The molecule has 0 aliphatic rings. The molecule has 0 N–H and O–H groups in total. The largest absolute Gasteiger partial charge is 0.457 e. The third-order valence-corrected chi connectivity index (χ3v) is 2.73. The van der Waals surface area contributed by atoms with E-state index in [0.29, 0.717) is 11.4 Å². The van der Waals surface area contributed by atoms with Gasteiger partial charge in [0.1, 0.15) is 0 Å². The second kappa shape index (κ2) is 7.92. The van der Waals surface area contributed by atoms with Crippen LogP contribution in [-0.4, -0.2) is 34.6 Å². The number of aromatic nitrogens is 2. The maximum atomic E-state index is 12.4. The molecular formula is C16H10F3N3O3. The summed E-state index contributed by atoms with van der Waals surface area (Å²) in [6.07, 6.45) is 0.957. The van der Waals surface area contributed by atoms with Gasteiger partial charge in [0.05, 0.1) is 11.4 Å². The molecule has 2 rings (SSSR count). The first kappa shape index (κ1) is 17.9. The van der Waals surface area contributed by atoms with E-state index in [1.165, 1.54) is 49.1 Å². The lowest BCUT2D eigenvalue weighted by atomic mass is 10.3. The van der Waals surface area contributed by atoms with Crippen molar-refractivity contribution in [1.29, 1.82) is 0 Å². The molecule has 0 unspecified atom stereocenters. The molecule has 6 nitrogen and oxygen atoms in total. The van der Waals surface area contributed by atoms with E-state index in [1.54, 1.807) is 5.92 Å². The number of esters is 1. The SMILES string of the molecule is O=C(OCC#CC(F)(F)F)C(=O)N(c1ccncc1)c1ccncc1. The first-order valence-corrected chi connectivity index (χ1v) is 6.76. The van der Waals surface area contributed by atoms with Gasteiger partial charge in [-0.3, -0.25) is 19.7 Å². The molecule has 2 aromatic rings. The highest BCUT2D eigenvalue weighted by molar-refractivity contribution is 6.39. The van der Waals surface area contributed by atoms with Crippen molar-refractivity contribution in [2.45, 2.75) is 6.18 Å². The van der Waals surface area contributed by atoms with Gasteiger partial charge in [-0.25, -0.2) is 4.79 Å². The molecule has 0 atom stereocenters. The monoisotopic (exact) mass is 349 g/mol. The summed E-state index contributed by atoms with van der Waals surface area (Å²) in [5.41, 5.74) is 0.647. The maximum Gasteiger partial charge on any atom is 0.457 e. The zero-order valence-electron chi connectivity index (χ0n) is 12.5. The van der Waals surface area contributed by atoms with Crippen LogP contribution in [0.25, 0.3) is 0 Å². The normalized spacial score (nSPS) is 10.4. The average Bonchev–Trinajstić information content (AvgIpc) is 2.60. The summed E-state index contributed by atoms with van der Waals surface area (Å²) in [5.74, 6) is 0.127. The van der Waals surface area contributed by atoms with Gasteiger partial charge in [0.25, 0.3) is 0 Å². The van der Waals surface area contributed by atoms with Crippen molar-refractivity contribution in [2.24, 2.45) is 0 Å². The number of halogens is 3. The summed E-state index contributed by atoms with van der Waals surface area (Å²) in [5, 5.41) is 0.